The first-order valence-corrected chi connectivity index (χ1v) is 3.79. The number of ketones is 1. The molecule has 0 bridgehead atoms. The summed E-state index contributed by atoms with van der Waals surface area (Å²) in [5, 5.41) is 0. The van der Waals surface area contributed by atoms with E-state index in [0.29, 0.717) is 17.3 Å². The summed E-state index contributed by atoms with van der Waals surface area (Å²) in [5.74, 6) is 0.653. The highest BCUT2D eigenvalue weighted by molar-refractivity contribution is 5.96. The molecule has 13 heavy (non-hydrogen) atoms. The molecule has 0 amide bonds. The van der Waals surface area contributed by atoms with Crippen molar-refractivity contribution in [3.05, 3.63) is 17.7 Å². The second-order valence-electron chi connectivity index (χ2n) is 2.47. The van der Waals surface area contributed by atoms with Gasteiger partial charge in [0, 0.05) is 6.07 Å². The van der Waals surface area contributed by atoms with Crippen LogP contribution in [0.4, 0.5) is 0 Å². The average Bonchev–Trinajstić information content (AvgIpc) is 2.16. The van der Waals surface area contributed by atoms with Crippen LogP contribution in [-0.2, 0) is 0 Å². The predicted octanol–water partition coefficient (Wildman–Crippen LogP) is 1.30. The molecule has 4 heteroatoms. The zero-order valence-corrected chi connectivity index (χ0v) is 7.83. The molecule has 0 aromatic carbocycles. The summed E-state index contributed by atoms with van der Waals surface area (Å²) >= 11 is 0. The van der Waals surface area contributed by atoms with Gasteiger partial charge in [-0.2, -0.15) is 4.98 Å². The maximum absolute atomic E-state index is 11.1. The lowest BCUT2D eigenvalue weighted by Gasteiger charge is -2.05. The Balaban J connectivity index is 3.15. The van der Waals surface area contributed by atoms with Gasteiger partial charge in [-0.25, -0.2) is 0 Å². The Hall–Kier alpha value is -1.58. The van der Waals surface area contributed by atoms with E-state index in [-0.39, 0.29) is 5.78 Å². The Labute approximate surface area is 76.5 Å². The summed E-state index contributed by atoms with van der Waals surface area (Å²) in [6.07, 6.45) is 0. The third-order valence-corrected chi connectivity index (χ3v) is 1.62. The van der Waals surface area contributed by atoms with E-state index in [1.807, 2.05) is 0 Å². The third kappa shape index (κ3) is 1.96. The minimum Gasteiger partial charge on any atom is -0.481 e. The Morgan fingerprint density at radius 3 is 2.46 bits per heavy atom. The number of Topliss-reactive ketones (excluding diaryl/α,β-unsaturated/α-hetero) is 1. The summed E-state index contributed by atoms with van der Waals surface area (Å²) in [5.41, 5.74) is 0.461. The van der Waals surface area contributed by atoms with Gasteiger partial charge in [0.15, 0.2) is 5.78 Å². The molecule has 0 saturated heterocycles. The molecular weight excluding hydrogens is 170 g/mol. The summed E-state index contributed by atoms with van der Waals surface area (Å²) in [6, 6.07) is 3.26. The molecule has 0 aliphatic carbocycles. The molecule has 1 rings (SSSR count). The molecule has 4 nitrogen and oxygen atoms in total. The zero-order chi connectivity index (χ0) is 9.84. The van der Waals surface area contributed by atoms with Crippen LogP contribution in [0.1, 0.15) is 17.3 Å². The van der Waals surface area contributed by atoms with Crippen molar-refractivity contribution in [1.82, 2.24) is 4.98 Å². The number of rotatable bonds is 3. The minimum absolute atomic E-state index is 0.0768. The number of methoxy groups -OCH3 is 2. The number of pyridine rings is 1. The quantitative estimate of drug-likeness (QED) is 0.659. The van der Waals surface area contributed by atoms with Gasteiger partial charge in [0.05, 0.1) is 19.8 Å². The van der Waals surface area contributed by atoms with Crippen LogP contribution in [0.25, 0.3) is 0 Å². The number of carbonyl (C=O) groups excluding carboxylic acids is 1. The molecule has 0 saturated carbocycles. The number of hydrogen-bond donors (Lipinski definition) is 0. The molecule has 1 heterocycles. The third-order valence-electron chi connectivity index (χ3n) is 1.62. The van der Waals surface area contributed by atoms with Gasteiger partial charge in [0.2, 0.25) is 11.8 Å². The van der Waals surface area contributed by atoms with E-state index >= 15 is 0 Å². The van der Waals surface area contributed by atoms with Crippen molar-refractivity contribution in [2.24, 2.45) is 0 Å². The molecule has 1 aromatic rings. The first kappa shape index (κ1) is 9.51. The van der Waals surface area contributed by atoms with Gasteiger partial charge in [0.25, 0.3) is 0 Å². The molecule has 0 unspecified atom stereocenters. The van der Waals surface area contributed by atoms with Crippen molar-refractivity contribution < 1.29 is 14.3 Å². The van der Waals surface area contributed by atoms with Crippen molar-refractivity contribution in [2.45, 2.75) is 6.92 Å². The van der Waals surface area contributed by atoms with Gasteiger partial charge in [-0.05, 0) is 13.0 Å². The fourth-order valence-corrected chi connectivity index (χ4v) is 0.961. The van der Waals surface area contributed by atoms with E-state index in [9.17, 15) is 4.79 Å². The maximum Gasteiger partial charge on any atom is 0.227 e. The van der Waals surface area contributed by atoms with Crippen LogP contribution in [0.3, 0.4) is 0 Å². The van der Waals surface area contributed by atoms with Crippen LogP contribution in [0, 0.1) is 0 Å². The minimum atomic E-state index is -0.0768. The van der Waals surface area contributed by atoms with E-state index in [2.05, 4.69) is 4.98 Å². The van der Waals surface area contributed by atoms with Crippen molar-refractivity contribution in [3.8, 4) is 11.8 Å². The van der Waals surface area contributed by atoms with Crippen LogP contribution < -0.4 is 9.47 Å². The van der Waals surface area contributed by atoms with Crippen LogP contribution in [-0.4, -0.2) is 25.0 Å². The Kier molecular flexibility index (Phi) is 2.84. The summed E-state index contributed by atoms with van der Waals surface area (Å²) in [6.45, 7) is 1.46. The molecule has 0 N–H and O–H groups in total. The molecule has 0 radical (unpaired) electrons. The number of nitrogens with zero attached hydrogens (tertiary/aromatic N) is 1. The standard InChI is InChI=1S/C9H11NO3/c1-6(11)7-4-5-8(12-2)10-9(7)13-3/h4-5H,1-3H3. The maximum atomic E-state index is 11.1. The normalized spacial score (nSPS) is 9.46. The molecule has 1 aromatic heterocycles. The molecule has 0 aliphatic rings. The SMILES string of the molecule is COc1ccc(C(C)=O)c(OC)n1. The molecular formula is C9H11NO3. The lowest BCUT2D eigenvalue weighted by Crippen LogP contribution is -2.00. The molecule has 0 fully saturated rings. The Bertz CT molecular complexity index is 323. The lowest BCUT2D eigenvalue weighted by molar-refractivity contribution is 0.101. The van der Waals surface area contributed by atoms with Gasteiger partial charge in [-0.3, -0.25) is 4.79 Å². The van der Waals surface area contributed by atoms with Crippen LogP contribution in [0.5, 0.6) is 11.8 Å². The van der Waals surface area contributed by atoms with Gasteiger partial charge < -0.3 is 9.47 Å². The van der Waals surface area contributed by atoms with E-state index < -0.39 is 0 Å². The number of ether oxygens (including phenoxy) is 2. The first-order valence-electron chi connectivity index (χ1n) is 3.79. The molecule has 0 spiro atoms. The topological polar surface area (TPSA) is 48.4 Å². The lowest BCUT2D eigenvalue weighted by atomic mass is 10.2. The number of aromatic nitrogens is 1. The predicted molar refractivity (Wildman–Crippen MR) is 47.3 cm³/mol. The van der Waals surface area contributed by atoms with Gasteiger partial charge in [0.1, 0.15) is 0 Å². The summed E-state index contributed by atoms with van der Waals surface area (Å²) in [4.78, 5) is 15.0. The van der Waals surface area contributed by atoms with E-state index in [0.717, 1.165) is 0 Å². The van der Waals surface area contributed by atoms with E-state index in [4.69, 9.17) is 9.47 Å². The van der Waals surface area contributed by atoms with Gasteiger partial charge in [-0.15, -0.1) is 0 Å². The van der Waals surface area contributed by atoms with Gasteiger partial charge >= 0.3 is 0 Å². The largest absolute Gasteiger partial charge is 0.481 e. The number of carbonyl (C=O) groups is 1. The summed E-state index contributed by atoms with van der Waals surface area (Å²) < 4.78 is 9.83. The monoisotopic (exact) mass is 181 g/mol. The smallest absolute Gasteiger partial charge is 0.227 e. The highest BCUT2D eigenvalue weighted by Gasteiger charge is 2.09. The fourth-order valence-electron chi connectivity index (χ4n) is 0.961. The van der Waals surface area contributed by atoms with Crippen LogP contribution in [0.2, 0.25) is 0 Å². The molecule has 0 atom stereocenters. The van der Waals surface area contributed by atoms with Crippen molar-refractivity contribution >= 4 is 5.78 Å². The Morgan fingerprint density at radius 1 is 1.31 bits per heavy atom. The number of hydrogen-bond acceptors (Lipinski definition) is 4. The first-order chi connectivity index (χ1) is 6.19. The van der Waals surface area contributed by atoms with Crippen LogP contribution in [0.15, 0.2) is 12.1 Å². The molecule has 0 aliphatic heterocycles. The molecule has 70 valence electrons. The Morgan fingerprint density at radius 2 is 2.00 bits per heavy atom. The van der Waals surface area contributed by atoms with E-state index in [1.165, 1.54) is 21.1 Å². The van der Waals surface area contributed by atoms with Gasteiger partial charge in [-0.1, -0.05) is 0 Å². The summed E-state index contributed by atoms with van der Waals surface area (Å²) in [7, 11) is 2.98. The second-order valence-corrected chi connectivity index (χ2v) is 2.47. The van der Waals surface area contributed by atoms with Crippen LogP contribution >= 0.6 is 0 Å². The van der Waals surface area contributed by atoms with Crippen molar-refractivity contribution in [1.29, 1.82) is 0 Å². The second kappa shape index (κ2) is 3.89. The van der Waals surface area contributed by atoms with Crippen molar-refractivity contribution in [3.63, 3.8) is 0 Å². The highest BCUT2D eigenvalue weighted by Crippen LogP contribution is 2.19. The van der Waals surface area contributed by atoms with E-state index in [1.54, 1.807) is 12.1 Å². The fraction of sp³-hybridized carbons (Fsp3) is 0.333. The average molecular weight is 181 g/mol. The zero-order valence-electron chi connectivity index (χ0n) is 7.83. The van der Waals surface area contributed by atoms with Crippen molar-refractivity contribution in [2.75, 3.05) is 14.2 Å². The highest BCUT2D eigenvalue weighted by atomic mass is 16.5.